The van der Waals surface area contributed by atoms with Crippen molar-refractivity contribution in [3.05, 3.63) is 0 Å². The molecule has 2 rings (SSSR count). The van der Waals surface area contributed by atoms with Gasteiger partial charge in [-0.2, -0.15) is 0 Å². The predicted molar refractivity (Wildman–Crippen MR) is 70.0 cm³/mol. The van der Waals surface area contributed by atoms with E-state index in [1.165, 1.54) is 51.4 Å². The molecule has 1 N–H and O–H groups in total. The zero-order valence-corrected chi connectivity index (χ0v) is 11.5. The quantitative estimate of drug-likeness (QED) is 0.814. The van der Waals surface area contributed by atoms with E-state index in [1.54, 1.807) is 0 Å². The highest BCUT2D eigenvalue weighted by Gasteiger charge is 2.46. The van der Waals surface area contributed by atoms with Crippen molar-refractivity contribution in [2.24, 2.45) is 11.8 Å². The van der Waals surface area contributed by atoms with Crippen LogP contribution in [0.5, 0.6) is 0 Å². The van der Waals surface area contributed by atoms with Crippen LogP contribution in [-0.2, 0) is 4.74 Å². The number of aliphatic hydroxyl groups is 1. The number of rotatable bonds is 4. The zero-order chi connectivity index (χ0) is 12.3. The van der Waals surface area contributed by atoms with Crippen LogP contribution >= 0.6 is 0 Å². The molecule has 2 fully saturated rings. The molecule has 0 radical (unpaired) electrons. The van der Waals surface area contributed by atoms with Crippen LogP contribution < -0.4 is 0 Å². The maximum absolute atomic E-state index is 9.50. The van der Waals surface area contributed by atoms with Gasteiger partial charge in [-0.25, -0.2) is 0 Å². The minimum absolute atomic E-state index is 0.0890. The van der Waals surface area contributed by atoms with Gasteiger partial charge in [0.25, 0.3) is 0 Å². The van der Waals surface area contributed by atoms with Crippen LogP contribution in [0.15, 0.2) is 0 Å². The van der Waals surface area contributed by atoms with E-state index in [9.17, 15) is 5.11 Å². The number of aliphatic hydroxyl groups excluding tert-OH is 1. The monoisotopic (exact) mass is 240 g/mol. The lowest BCUT2D eigenvalue weighted by molar-refractivity contribution is -0.155. The number of ether oxygens (including phenoxy) is 1. The molecule has 0 bridgehead atoms. The summed E-state index contributed by atoms with van der Waals surface area (Å²) >= 11 is 0. The van der Waals surface area contributed by atoms with Gasteiger partial charge in [0, 0.05) is 0 Å². The molecule has 2 aliphatic rings. The summed E-state index contributed by atoms with van der Waals surface area (Å²) in [5.74, 6) is 1.41. The Morgan fingerprint density at radius 3 is 2.41 bits per heavy atom. The van der Waals surface area contributed by atoms with Gasteiger partial charge in [0.05, 0.1) is 18.3 Å². The van der Waals surface area contributed by atoms with Gasteiger partial charge < -0.3 is 9.84 Å². The largest absolute Gasteiger partial charge is 0.391 e. The third kappa shape index (κ3) is 2.85. The Bertz CT molecular complexity index is 233. The molecule has 100 valence electrons. The highest BCUT2D eigenvalue weighted by molar-refractivity contribution is 4.97. The third-order valence-corrected chi connectivity index (χ3v) is 4.93. The maximum Gasteiger partial charge on any atom is 0.0745 e. The average molecular weight is 240 g/mol. The highest BCUT2D eigenvalue weighted by Crippen LogP contribution is 2.48. The van der Waals surface area contributed by atoms with Crippen molar-refractivity contribution in [1.82, 2.24) is 0 Å². The average Bonchev–Trinajstić information content (AvgIpc) is 2.82. The summed E-state index contributed by atoms with van der Waals surface area (Å²) in [6.07, 6.45) is 10.3. The van der Waals surface area contributed by atoms with Gasteiger partial charge in [-0.3, -0.25) is 0 Å². The van der Waals surface area contributed by atoms with Gasteiger partial charge >= 0.3 is 0 Å². The lowest BCUT2D eigenvalue weighted by Gasteiger charge is -2.47. The summed E-state index contributed by atoms with van der Waals surface area (Å²) in [4.78, 5) is 0. The summed E-state index contributed by atoms with van der Waals surface area (Å²) in [7, 11) is 0. The SMILES string of the molecule is CC(O)COC1(C2CCCC2)CCCCC1C. The first-order chi connectivity index (χ1) is 8.15. The normalized spacial score (nSPS) is 37.2. The van der Waals surface area contributed by atoms with E-state index in [1.807, 2.05) is 6.92 Å². The summed E-state index contributed by atoms with van der Waals surface area (Å²) in [6.45, 7) is 4.70. The van der Waals surface area contributed by atoms with E-state index in [0.717, 1.165) is 5.92 Å². The van der Waals surface area contributed by atoms with Crippen molar-refractivity contribution < 1.29 is 9.84 Å². The van der Waals surface area contributed by atoms with Gasteiger partial charge in [-0.15, -0.1) is 0 Å². The van der Waals surface area contributed by atoms with E-state index < -0.39 is 0 Å². The van der Waals surface area contributed by atoms with Crippen LogP contribution in [0.4, 0.5) is 0 Å². The second-order valence-corrected chi connectivity index (χ2v) is 6.24. The fraction of sp³-hybridized carbons (Fsp3) is 1.00. The zero-order valence-electron chi connectivity index (χ0n) is 11.5. The molecule has 0 spiro atoms. The number of hydrogen-bond acceptors (Lipinski definition) is 2. The Morgan fingerprint density at radius 1 is 1.18 bits per heavy atom. The summed E-state index contributed by atoms with van der Waals surface area (Å²) < 4.78 is 6.28. The molecule has 0 aromatic heterocycles. The van der Waals surface area contributed by atoms with Crippen molar-refractivity contribution >= 4 is 0 Å². The molecule has 0 aromatic rings. The molecule has 0 amide bonds. The Hall–Kier alpha value is -0.0800. The molecule has 17 heavy (non-hydrogen) atoms. The van der Waals surface area contributed by atoms with Gasteiger partial charge in [0.1, 0.15) is 0 Å². The second-order valence-electron chi connectivity index (χ2n) is 6.24. The summed E-state index contributed by atoms with van der Waals surface area (Å²) in [5.41, 5.74) is 0.0890. The first-order valence-corrected chi connectivity index (χ1v) is 7.47. The Labute approximate surface area is 106 Å². The predicted octanol–water partition coefficient (Wildman–Crippen LogP) is 3.52. The van der Waals surface area contributed by atoms with E-state index in [0.29, 0.717) is 12.5 Å². The minimum atomic E-state index is -0.331. The van der Waals surface area contributed by atoms with Crippen molar-refractivity contribution in [3.63, 3.8) is 0 Å². The first-order valence-electron chi connectivity index (χ1n) is 7.47. The third-order valence-electron chi connectivity index (χ3n) is 4.93. The van der Waals surface area contributed by atoms with Gasteiger partial charge in [-0.05, 0) is 44.4 Å². The van der Waals surface area contributed by atoms with Crippen molar-refractivity contribution in [3.8, 4) is 0 Å². The van der Waals surface area contributed by atoms with Gasteiger partial charge in [-0.1, -0.05) is 32.6 Å². The molecule has 2 aliphatic carbocycles. The van der Waals surface area contributed by atoms with Crippen LogP contribution in [-0.4, -0.2) is 23.4 Å². The van der Waals surface area contributed by atoms with E-state index in [4.69, 9.17) is 4.74 Å². The van der Waals surface area contributed by atoms with Crippen LogP contribution in [0.2, 0.25) is 0 Å². The molecular weight excluding hydrogens is 212 g/mol. The molecular formula is C15H28O2. The lowest BCUT2D eigenvalue weighted by atomic mass is 9.68. The van der Waals surface area contributed by atoms with Gasteiger partial charge in [0.2, 0.25) is 0 Å². The van der Waals surface area contributed by atoms with Crippen LogP contribution in [0.1, 0.15) is 65.2 Å². The molecule has 2 saturated carbocycles. The van der Waals surface area contributed by atoms with Gasteiger partial charge in [0.15, 0.2) is 0 Å². The Kier molecular flexibility index (Phi) is 4.48. The van der Waals surface area contributed by atoms with Crippen molar-refractivity contribution in [2.45, 2.75) is 76.9 Å². The lowest BCUT2D eigenvalue weighted by Crippen LogP contribution is -2.48. The second kappa shape index (κ2) is 5.71. The molecule has 0 aromatic carbocycles. The van der Waals surface area contributed by atoms with Crippen LogP contribution in [0.3, 0.4) is 0 Å². The summed E-state index contributed by atoms with van der Waals surface area (Å²) in [6, 6.07) is 0. The molecule has 0 heterocycles. The van der Waals surface area contributed by atoms with E-state index in [2.05, 4.69) is 6.92 Å². The number of hydrogen-bond donors (Lipinski definition) is 1. The molecule has 0 aliphatic heterocycles. The maximum atomic E-state index is 9.50. The molecule has 3 atom stereocenters. The van der Waals surface area contributed by atoms with E-state index in [-0.39, 0.29) is 11.7 Å². The Morgan fingerprint density at radius 2 is 1.82 bits per heavy atom. The standard InChI is InChI=1S/C15H28O2/c1-12-7-5-6-10-15(12,17-11-13(2)16)14-8-3-4-9-14/h12-14,16H,3-11H2,1-2H3. The van der Waals surface area contributed by atoms with Crippen LogP contribution in [0.25, 0.3) is 0 Å². The highest BCUT2D eigenvalue weighted by atomic mass is 16.5. The smallest absolute Gasteiger partial charge is 0.0745 e. The van der Waals surface area contributed by atoms with Crippen molar-refractivity contribution in [1.29, 1.82) is 0 Å². The Balaban J connectivity index is 2.08. The molecule has 0 saturated heterocycles. The fourth-order valence-electron chi connectivity index (χ4n) is 3.97. The summed E-state index contributed by atoms with van der Waals surface area (Å²) in [5, 5.41) is 9.50. The molecule has 3 unspecified atom stereocenters. The molecule has 2 nitrogen and oxygen atoms in total. The van der Waals surface area contributed by atoms with E-state index >= 15 is 0 Å². The topological polar surface area (TPSA) is 29.5 Å². The minimum Gasteiger partial charge on any atom is -0.391 e. The van der Waals surface area contributed by atoms with Crippen LogP contribution in [0, 0.1) is 11.8 Å². The van der Waals surface area contributed by atoms with Crippen molar-refractivity contribution in [2.75, 3.05) is 6.61 Å². The first kappa shape index (κ1) is 13.4. The fourth-order valence-corrected chi connectivity index (χ4v) is 3.97. The molecule has 2 heteroatoms.